The van der Waals surface area contributed by atoms with Gasteiger partial charge in [-0.05, 0) is 32.3 Å². The van der Waals surface area contributed by atoms with Crippen molar-refractivity contribution in [3.05, 3.63) is 46.9 Å². The molecule has 0 unspecified atom stereocenters. The molecule has 10 heteroatoms. The quantitative estimate of drug-likeness (QED) is 0.357. The van der Waals surface area contributed by atoms with E-state index in [2.05, 4.69) is 15.6 Å². The summed E-state index contributed by atoms with van der Waals surface area (Å²) in [5.41, 5.74) is 13.7. The van der Waals surface area contributed by atoms with Gasteiger partial charge in [-0.25, -0.2) is 4.68 Å². The summed E-state index contributed by atoms with van der Waals surface area (Å²) >= 11 is 0. The predicted molar refractivity (Wildman–Crippen MR) is 132 cm³/mol. The van der Waals surface area contributed by atoms with Gasteiger partial charge in [0.1, 0.15) is 22.8 Å². The molecule has 188 valence electrons. The van der Waals surface area contributed by atoms with Gasteiger partial charge >= 0.3 is 0 Å². The van der Waals surface area contributed by atoms with Crippen molar-refractivity contribution in [3.8, 4) is 11.3 Å². The number of benzene rings is 1. The summed E-state index contributed by atoms with van der Waals surface area (Å²) < 4.78 is 21.5. The number of hydrogen-bond donors (Lipinski definition) is 3. The average molecular weight is 485 g/mol. The van der Waals surface area contributed by atoms with Gasteiger partial charge in [-0.1, -0.05) is 56.1 Å². The number of carbonyl (C=O) groups is 2. The molecule has 0 fully saturated rings. The monoisotopic (exact) mass is 484 g/mol. The van der Waals surface area contributed by atoms with Crippen molar-refractivity contribution in [2.24, 2.45) is 5.73 Å². The molecule has 0 bridgehead atoms. The minimum atomic E-state index is -0.665. The number of nitrogens with two attached hydrogens (primary N) is 2. The second-order valence-corrected chi connectivity index (χ2v) is 8.92. The fraction of sp³-hybridized carbons (Fsp3) is 0.440. The zero-order valence-electron chi connectivity index (χ0n) is 20.6. The number of anilines is 2. The fourth-order valence-electron chi connectivity index (χ4n) is 4.16. The first kappa shape index (κ1) is 25.9. The summed E-state index contributed by atoms with van der Waals surface area (Å²) in [4.78, 5) is 24.5. The first-order chi connectivity index (χ1) is 16.7. The van der Waals surface area contributed by atoms with E-state index in [9.17, 15) is 14.0 Å². The molecule has 0 radical (unpaired) electrons. The van der Waals surface area contributed by atoms with Crippen LogP contribution in [0.1, 0.15) is 87.0 Å². The molecule has 3 aromatic rings. The highest BCUT2D eigenvalue weighted by molar-refractivity contribution is 6.03. The number of nitrogen functional groups attached to an aromatic ring is 1. The number of hydrogen-bond acceptors (Lipinski definition) is 6. The van der Waals surface area contributed by atoms with Crippen LogP contribution in [-0.4, -0.2) is 26.8 Å². The first-order valence-electron chi connectivity index (χ1n) is 11.9. The first-order valence-corrected chi connectivity index (χ1v) is 11.9. The minimum Gasteiger partial charge on any atom is -0.383 e. The maximum Gasteiger partial charge on any atom is 0.267 e. The SMILES string of the molecule is CCCC(CCC)c1noc(NC(=O)Cc2ccc(-c3nn(C(C)C)c(N)c3C(N)=O)cc2)c1F. The lowest BCUT2D eigenvalue weighted by atomic mass is 9.94. The van der Waals surface area contributed by atoms with Crippen LogP contribution in [0.2, 0.25) is 0 Å². The number of amides is 2. The Morgan fingerprint density at radius 1 is 1.14 bits per heavy atom. The van der Waals surface area contributed by atoms with Gasteiger partial charge in [0.25, 0.3) is 11.8 Å². The Bertz CT molecular complexity index is 1180. The Morgan fingerprint density at radius 3 is 2.31 bits per heavy atom. The summed E-state index contributed by atoms with van der Waals surface area (Å²) in [6, 6.07) is 6.86. The lowest BCUT2D eigenvalue weighted by Gasteiger charge is -2.11. The highest BCUT2D eigenvalue weighted by Crippen LogP contribution is 2.31. The molecule has 9 nitrogen and oxygen atoms in total. The van der Waals surface area contributed by atoms with E-state index >= 15 is 0 Å². The van der Waals surface area contributed by atoms with Crippen LogP contribution in [-0.2, 0) is 11.2 Å². The van der Waals surface area contributed by atoms with Gasteiger partial charge in [-0.3, -0.25) is 14.9 Å². The van der Waals surface area contributed by atoms with Crippen LogP contribution in [0.3, 0.4) is 0 Å². The predicted octanol–water partition coefficient (Wildman–Crippen LogP) is 4.80. The van der Waals surface area contributed by atoms with Crippen molar-refractivity contribution in [3.63, 3.8) is 0 Å². The maximum absolute atomic E-state index is 14.8. The van der Waals surface area contributed by atoms with Crippen molar-refractivity contribution in [1.82, 2.24) is 14.9 Å². The lowest BCUT2D eigenvalue weighted by Crippen LogP contribution is -2.15. The van der Waals surface area contributed by atoms with Gasteiger partial charge in [-0.2, -0.15) is 9.49 Å². The number of primary amides is 1. The highest BCUT2D eigenvalue weighted by atomic mass is 19.1. The number of halogens is 1. The van der Waals surface area contributed by atoms with E-state index in [0.717, 1.165) is 25.7 Å². The van der Waals surface area contributed by atoms with E-state index in [0.29, 0.717) is 16.8 Å². The van der Waals surface area contributed by atoms with Crippen LogP contribution < -0.4 is 16.8 Å². The number of aromatic nitrogens is 3. The maximum atomic E-state index is 14.8. The third-order valence-corrected chi connectivity index (χ3v) is 5.85. The second kappa shape index (κ2) is 11.2. The van der Waals surface area contributed by atoms with Crippen molar-refractivity contribution in [2.45, 2.75) is 71.8 Å². The zero-order valence-corrected chi connectivity index (χ0v) is 20.6. The van der Waals surface area contributed by atoms with Gasteiger partial charge in [0.15, 0.2) is 0 Å². The Hall–Kier alpha value is -3.69. The third kappa shape index (κ3) is 5.70. The number of nitrogens with zero attached hydrogens (tertiary/aromatic N) is 3. The van der Waals surface area contributed by atoms with Gasteiger partial charge in [0, 0.05) is 17.5 Å². The largest absolute Gasteiger partial charge is 0.383 e. The molecule has 0 saturated heterocycles. The summed E-state index contributed by atoms with van der Waals surface area (Å²) in [6.07, 6.45) is 3.40. The highest BCUT2D eigenvalue weighted by Gasteiger charge is 2.25. The van der Waals surface area contributed by atoms with E-state index in [-0.39, 0.29) is 41.3 Å². The van der Waals surface area contributed by atoms with Crippen LogP contribution >= 0.6 is 0 Å². The van der Waals surface area contributed by atoms with Crippen molar-refractivity contribution >= 4 is 23.5 Å². The van der Waals surface area contributed by atoms with E-state index in [1.807, 2.05) is 27.7 Å². The minimum absolute atomic E-state index is 0.00560. The smallest absolute Gasteiger partial charge is 0.267 e. The molecule has 0 aliphatic heterocycles. The molecule has 0 aliphatic rings. The standard InChI is InChI=1S/C25H33FN6O3/c1-5-7-16(8-6-2)22-20(26)25(35-31-22)29-18(33)13-15-9-11-17(12-10-15)21-19(24(28)34)23(27)32(30-21)14(3)4/h9-12,14,16H,5-8,13,27H2,1-4H3,(H2,28,34)(H,29,33). The molecule has 0 spiro atoms. The van der Waals surface area contributed by atoms with Gasteiger partial charge in [0.05, 0.1) is 6.42 Å². The Balaban J connectivity index is 1.73. The lowest BCUT2D eigenvalue weighted by molar-refractivity contribution is -0.115. The number of nitrogens with one attached hydrogen (secondary N) is 1. The van der Waals surface area contributed by atoms with Crippen LogP contribution in [0.4, 0.5) is 16.1 Å². The summed E-state index contributed by atoms with van der Waals surface area (Å²) in [5.74, 6) is -1.81. The summed E-state index contributed by atoms with van der Waals surface area (Å²) in [5, 5.41) is 10.8. The molecule has 0 saturated carbocycles. The molecule has 1 aromatic carbocycles. The fourth-order valence-corrected chi connectivity index (χ4v) is 4.16. The normalized spacial score (nSPS) is 11.4. The summed E-state index contributed by atoms with van der Waals surface area (Å²) in [6.45, 7) is 7.86. The molecule has 0 atom stereocenters. The Labute approximate surface area is 204 Å². The molecule has 35 heavy (non-hydrogen) atoms. The van der Waals surface area contributed by atoms with Crippen LogP contribution in [0, 0.1) is 5.82 Å². The molecular formula is C25H33FN6O3. The van der Waals surface area contributed by atoms with E-state index in [1.54, 1.807) is 28.9 Å². The molecule has 2 amide bonds. The topological polar surface area (TPSA) is 142 Å². The number of rotatable bonds is 11. The molecule has 2 aromatic heterocycles. The van der Waals surface area contributed by atoms with Gasteiger partial charge < -0.3 is 16.0 Å². The van der Waals surface area contributed by atoms with E-state index in [1.165, 1.54) is 0 Å². The van der Waals surface area contributed by atoms with Crippen molar-refractivity contribution in [1.29, 1.82) is 0 Å². The third-order valence-electron chi connectivity index (χ3n) is 5.85. The molecule has 2 heterocycles. The number of carbonyl (C=O) groups excluding carboxylic acids is 2. The Kier molecular flexibility index (Phi) is 8.26. The van der Waals surface area contributed by atoms with Crippen LogP contribution in [0.5, 0.6) is 0 Å². The van der Waals surface area contributed by atoms with Crippen LogP contribution in [0.25, 0.3) is 11.3 Å². The van der Waals surface area contributed by atoms with Crippen molar-refractivity contribution < 1.29 is 18.5 Å². The van der Waals surface area contributed by atoms with Crippen molar-refractivity contribution in [2.75, 3.05) is 11.1 Å². The van der Waals surface area contributed by atoms with Crippen LogP contribution in [0.15, 0.2) is 28.8 Å². The molecule has 0 aliphatic carbocycles. The molecule has 3 rings (SSSR count). The zero-order chi connectivity index (χ0) is 25.7. The van der Waals surface area contributed by atoms with Gasteiger partial charge in [0.2, 0.25) is 11.7 Å². The Morgan fingerprint density at radius 2 is 1.77 bits per heavy atom. The van der Waals surface area contributed by atoms with E-state index < -0.39 is 17.6 Å². The molecule has 5 N–H and O–H groups in total. The average Bonchev–Trinajstić information content (AvgIpc) is 3.34. The summed E-state index contributed by atoms with van der Waals surface area (Å²) in [7, 11) is 0. The second-order valence-electron chi connectivity index (χ2n) is 8.92. The van der Waals surface area contributed by atoms with E-state index in [4.69, 9.17) is 16.0 Å². The molecular weight excluding hydrogens is 451 g/mol. The van der Waals surface area contributed by atoms with Gasteiger partial charge in [-0.15, -0.1) is 0 Å².